The molecule has 7 heteroatoms. The van der Waals surface area contributed by atoms with E-state index in [2.05, 4.69) is 56.8 Å². The van der Waals surface area contributed by atoms with Crippen LogP contribution < -0.4 is 5.32 Å². The number of hydrogen-bond acceptors (Lipinski definition) is 4. The minimum Gasteiger partial charge on any atom is -0.349 e. The van der Waals surface area contributed by atoms with E-state index >= 15 is 0 Å². The Balaban J connectivity index is 1.32. The lowest BCUT2D eigenvalue weighted by molar-refractivity contribution is 0.0854. The van der Waals surface area contributed by atoms with Gasteiger partial charge in [-0.05, 0) is 74.5 Å². The lowest BCUT2D eigenvalue weighted by Gasteiger charge is -2.39. The maximum atomic E-state index is 13.0. The van der Waals surface area contributed by atoms with E-state index in [9.17, 15) is 4.79 Å². The van der Waals surface area contributed by atoms with E-state index in [4.69, 9.17) is 5.26 Å². The maximum Gasteiger partial charge on any atom is 0.251 e. The highest BCUT2D eigenvalue weighted by Crippen LogP contribution is 2.34. The fourth-order valence-corrected chi connectivity index (χ4v) is 5.08. The van der Waals surface area contributed by atoms with Gasteiger partial charge >= 0.3 is 0 Å². The summed E-state index contributed by atoms with van der Waals surface area (Å²) in [6, 6.07) is 18.6. The lowest BCUT2D eigenvalue weighted by Crippen LogP contribution is -2.51. The van der Waals surface area contributed by atoms with Gasteiger partial charge in [0.2, 0.25) is 0 Å². The number of carbonyl (C=O) groups excluding carboxylic acids is 1. The van der Waals surface area contributed by atoms with Crippen molar-refractivity contribution in [1.82, 2.24) is 24.3 Å². The van der Waals surface area contributed by atoms with E-state index in [1.165, 1.54) is 0 Å². The smallest absolute Gasteiger partial charge is 0.251 e. The van der Waals surface area contributed by atoms with Gasteiger partial charge < -0.3 is 14.8 Å². The Kier molecular flexibility index (Phi) is 5.05. The fourth-order valence-electron chi connectivity index (χ4n) is 5.08. The normalized spacial score (nSPS) is 18.0. The van der Waals surface area contributed by atoms with Crippen LogP contribution in [0.2, 0.25) is 0 Å². The largest absolute Gasteiger partial charge is 0.349 e. The summed E-state index contributed by atoms with van der Waals surface area (Å²) in [6.07, 6.45) is 7.88. The average molecular weight is 463 g/mol. The van der Waals surface area contributed by atoms with Gasteiger partial charge in [-0.2, -0.15) is 5.26 Å². The summed E-state index contributed by atoms with van der Waals surface area (Å²) in [5.41, 5.74) is 6.56. The molecule has 1 fully saturated rings. The van der Waals surface area contributed by atoms with Crippen LogP contribution in [0.5, 0.6) is 0 Å². The maximum absolute atomic E-state index is 13.0. The molecule has 174 valence electrons. The molecule has 3 heterocycles. The van der Waals surface area contributed by atoms with Crippen LogP contribution in [0.25, 0.3) is 28.3 Å². The molecular weight excluding hydrogens is 436 g/mol. The Bertz CT molecular complexity index is 1460. The Hall–Kier alpha value is -4.15. The zero-order valence-electron chi connectivity index (χ0n) is 19.8. The first-order valence-electron chi connectivity index (χ1n) is 11.8. The Morgan fingerprint density at radius 1 is 1.11 bits per heavy atom. The zero-order chi connectivity index (χ0) is 24.1. The first-order chi connectivity index (χ1) is 17.0. The topological polar surface area (TPSA) is 78.9 Å². The van der Waals surface area contributed by atoms with Crippen LogP contribution in [-0.2, 0) is 6.54 Å². The number of imidazole rings is 1. The fraction of sp³-hybridized carbons (Fsp3) is 0.250. The van der Waals surface area contributed by atoms with Crippen LogP contribution in [0.1, 0.15) is 34.3 Å². The molecule has 2 aliphatic rings. The van der Waals surface area contributed by atoms with Gasteiger partial charge in [-0.25, -0.2) is 4.98 Å². The minimum atomic E-state index is -0.0175. The first kappa shape index (κ1) is 21.4. The second-order valence-corrected chi connectivity index (χ2v) is 9.65. The van der Waals surface area contributed by atoms with Gasteiger partial charge in [-0.15, -0.1) is 0 Å². The van der Waals surface area contributed by atoms with Crippen molar-refractivity contribution < 1.29 is 4.79 Å². The summed E-state index contributed by atoms with van der Waals surface area (Å²) in [4.78, 5) is 19.9. The van der Waals surface area contributed by atoms with Gasteiger partial charge in [-0.1, -0.05) is 12.1 Å². The molecule has 4 aromatic rings. The molecule has 0 atom stereocenters. The predicted octanol–water partition coefficient (Wildman–Crippen LogP) is 4.06. The van der Waals surface area contributed by atoms with E-state index in [1.54, 1.807) is 0 Å². The van der Waals surface area contributed by atoms with Gasteiger partial charge in [-0.3, -0.25) is 9.36 Å². The van der Waals surface area contributed by atoms with E-state index < -0.39 is 0 Å². The molecule has 0 bridgehead atoms. The van der Waals surface area contributed by atoms with Crippen molar-refractivity contribution in [3.05, 3.63) is 83.8 Å². The number of nitrogens with one attached hydrogen (secondary N) is 1. The van der Waals surface area contributed by atoms with Gasteiger partial charge in [0, 0.05) is 48.3 Å². The van der Waals surface area contributed by atoms with Crippen molar-refractivity contribution in [3.8, 4) is 34.4 Å². The van der Waals surface area contributed by atoms with E-state index in [0.717, 1.165) is 46.7 Å². The second-order valence-electron chi connectivity index (χ2n) is 9.65. The zero-order valence-corrected chi connectivity index (χ0v) is 19.8. The summed E-state index contributed by atoms with van der Waals surface area (Å²) >= 11 is 0. The summed E-state index contributed by atoms with van der Waals surface area (Å²) in [5, 5.41) is 12.3. The molecule has 0 spiro atoms. The van der Waals surface area contributed by atoms with Crippen LogP contribution in [-0.4, -0.2) is 51.1 Å². The predicted molar refractivity (Wildman–Crippen MR) is 134 cm³/mol. The van der Waals surface area contributed by atoms with Gasteiger partial charge in [0.1, 0.15) is 0 Å². The number of aromatic nitrogens is 3. The molecule has 1 aliphatic heterocycles. The molecule has 2 aromatic heterocycles. The van der Waals surface area contributed by atoms with Crippen LogP contribution in [0.3, 0.4) is 0 Å². The highest BCUT2D eigenvalue weighted by Gasteiger charge is 2.32. The third-order valence-electron chi connectivity index (χ3n) is 7.23. The third-order valence-corrected chi connectivity index (χ3v) is 7.23. The number of nitriles is 1. The van der Waals surface area contributed by atoms with Crippen molar-refractivity contribution in [3.63, 3.8) is 0 Å². The number of carbonyl (C=O) groups is 1. The molecule has 1 amide bonds. The molecule has 2 aromatic carbocycles. The van der Waals surface area contributed by atoms with Crippen molar-refractivity contribution in [2.75, 3.05) is 14.1 Å². The monoisotopic (exact) mass is 462 g/mol. The van der Waals surface area contributed by atoms with Crippen molar-refractivity contribution in [2.24, 2.45) is 0 Å². The number of nitrogens with zero attached hydrogens (tertiary/aromatic N) is 5. The summed E-state index contributed by atoms with van der Waals surface area (Å²) in [6.45, 7) is 0.636. The molecule has 35 heavy (non-hydrogen) atoms. The van der Waals surface area contributed by atoms with Crippen LogP contribution in [0.4, 0.5) is 0 Å². The summed E-state index contributed by atoms with van der Waals surface area (Å²) in [5.74, 6) is 0.848. The number of hydrogen-bond donors (Lipinski definition) is 1. The standard InChI is InChI=1S/C28H26N6O/c1-32(2)24-13-23(14-24)31-28(35)20-7-8-25-22(11-20)17-33-16-21(19-5-3-18(15-29)4-6-19)12-26(33)27-30-9-10-34(25)27/h3-12,16,23-24H,13-14,17H2,1-2H3,(H,31,35)/t23-,24-. The first-order valence-corrected chi connectivity index (χ1v) is 11.8. The quantitative estimate of drug-likeness (QED) is 0.437. The average Bonchev–Trinajstić information content (AvgIpc) is 3.46. The molecule has 0 radical (unpaired) electrons. The molecule has 1 N–H and O–H groups in total. The van der Waals surface area contributed by atoms with Crippen LogP contribution in [0.15, 0.2) is 67.1 Å². The van der Waals surface area contributed by atoms with Gasteiger partial charge in [0.15, 0.2) is 5.82 Å². The van der Waals surface area contributed by atoms with Gasteiger partial charge in [0.05, 0.1) is 23.0 Å². The SMILES string of the molecule is CN(C)[C@H]1C[C@H](NC(=O)c2ccc3c(c2)Cn2cc(-c4ccc(C#N)cc4)cc2-c2nccn2-3)C1. The van der Waals surface area contributed by atoms with Crippen LogP contribution in [0, 0.1) is 11.3 Å². The summed E-state index contributed by atoms with van der Waals surface area (Å²) in [7, 11) is 4.17. The van der Waals surface area contributed by atoms with E-state index in [0.29, 0.717) is 23.7 Å². The van der Waals surface area contributed by atoms with Crippen molar-refractivity contribution in [2.45, 2.75) is 31.5 Å². The third kappa shape index (κ3) is 3.72. The Morgan fingerprint density at radius 3 is 2.66 bits per heavy atom. The number of rotatable bonds is 4. The number of amides is 1. The molecule has 0 saturated heterocycles. The van der Waals surface area contributed by atoms with E-state index in [1.807, 2.05) is 54.9 Å². The molecule has 6 rings (SSSR count). The Labute approximate surface area is 204 Å². The number of benzene rings is 2. The highest BCUT2D eigenvalue weighted by atomic mass is 16.1. The molecule has 0 unspecified atom stereocenters. The summed E-state index contributed by atoms with van der Waals surface area (Å²) < 4.78 is 4.28. The van der Waals surface area contributed by atoms with Gasteiger partial charge in [0.25, 0.3) is 5.91 Å². The van der Waals surface area contributed by atoms with E-state index in [-0.39, 0.29) is 11.9 Å². The minimum absolute atomic E-state index is 0.0175. The number of fused-ring (bicyclic) bond motifs is 5. The van der Waals surface area contributed by atoms with Crippen molar-refractivity contribution in [1.29, 1.82) is 5.26 Å². The second kappa shape index (κ2) is 8.26. The molecule has 1 saturated carbocycles. The van der Waals surface area contributed by atoms with Crippen LogP contribution >= 0.6 is 0 Å². The molecule has 7 nitrogen and oxygen atoms in total. The molecule has 1 aliphatic carbocycles. The Morgan fingerprint density at radius 2 is 1.91 bits per heavy atom. The van der Waals surface area contributed by atoms with Crippen molar-refractivity contribution >= 4 is 5.91 Å². The lowest BCUT2D eigenvalue weighted by atomic mass is 9.86. The molecular formula is C28H26N6O. The highest BCUT2D eigenvalue weighted by molar-refractivity contribution is 5.95.